The maximum Gasteiger partial charge on any atom is 0.232 e. The van der Waals surface area contributed by atoms with Gasteiger partial charge in [-0.25, -0.2) is 0 Å². The first-order valence-electron chi connectivity index (χ1n) is 14.3. The van der Waals surface area contributed by atoms with E-state index in [2.05, 4.69) is 69.5 Å². The quantitative estimate of drug-likeness (QED) is 0.489. The first kappa shape index (κ1) is 26.0. The molecule has 8 heteroatoms. The number of piperidine rings is 1. The Labute approximate surface area is 228 Å². The Morgan fingerprint density at radius 3 is 2.03 bits per heavy atom. The van der Waals surface area contributed by atoms with Crippen molar-refractivity contribution in [2.24, 2.45) is 11.8 Å². The van der Waals surface area contributed by atoms with Crippen LogP contribution in [0, 0.1) is 11.8 Å². The molecule has 1 aromatic carbocycles. The maximum absolute atomic E-state index is 5.67. The molecule has 3 saturated heterocycles. The van der Waals surface area contributed by atoms with Gasteiger partial charge in [-0.1, -0.05) is 38.8 Å². The van der Waals surface area contributed by atoms with Crippen LogP contribution < -0.4 is 25.3 Å². The van der Waals surface area contributed by atoms with Crippen LogP contribution in [0.2, 0.25) is 0 Å². The molecule has 7 nitrogen and oxygen atoms in total. The number of nitrogens with zero attached hydrogens (tertiary/aromatic N) is 5. The third-order valence-electron chi connectivity index (χ3n) is 7.91. The van der Waals surface area contributed by atoms with Gasteiger partial charge in [0.2, 0.25) is 5.95 Å². The van der Waals surface area contributed by atoms with Crippen molar-refractivity contribution in [1.82, 2.24) is 15.3 Å². The van der Waals surface area contributed by atoms with Crippen molar-refractivity contribution in [3.05, 3.63) is 35.9 Å². The fourth-order valence-corrected chi connectivity index (χ4v) is 6.24. The van der Waals surface area contributed by atoms with Gasteiger partial charge in [-0.3, -0.25) is 0 Å². The van der Waals surface area contributed by atoms with Crippen molar-refractivity contribution in [3.63, 3.8) is 0 Å². The molecule has 0 spiro atoms. The SMILES string of the molecule is C[C@H]1C[C@H](C)CN(c2cc(N3CCCCCC3)nc(NC(=S)NCc3ccc(N4CCCC4)cc3)n2)C1. The summed E-state index contributed by atoms with van der Waals surface area (Å²) < 4.78 is 0. The lowest BCUT2D eigenvalue weighted by Gasteiger charge is -2.36. The zero-order chi connectivity index (χ0) is 25.6. The predicted molar refractivity (Wildman–Crippen MR) is 159 cm³/mol. The van der Waals surface area contributed by atoms with Crippen molar-refractivity contribution in [2.45, 2.75) is 65.3 Å². The van der Waals surface area contributed by atoms with E-state index in [1.165, 1.54) is 69.3 Å². The third-order valence-corrected chi connectivity index (χ3v) is 8.15. The number of hydrogen-bond donors (Lipinski definition) is 2. The molecule has 37 heavy (non-hydrogen) atoms. The molecule has 0 bridgehead atoms. The molecular formula is C29H43N7S. The van der Waals surface area contributed by atoms with Gasteiger partial charge in [0.05, 0.1) is 0 Å². The first-order valence-corrected chi connectivity index (χ1v) is 14.7. The van der Waals surface area contributed by atoms with Crippen LogP contribution in [0.15, 0.2) is 30.3 Å². The molecule has 3 aliphatic heterocycles. The van der Waals surface area contributed by atoms with Crippen LogP contribution in [0.1, 0.15) is 64.4 Å². The minimum atomic E-state index is 0.558. The van der Waals surface area contributed by atoms with E-state index in [0.29, 0.717) is 29.4 Å². The molecule has 2 N–H and O–H groups in total. The summed E-state index contributed by atoms with van der Waals surface area (Å²) in [6.45, 7) is 11.9. The lowest BCUT2D eigenvalue weighted by Crippen LogP contribution is -2.39. The molecule has 3 fully saturated rings. The second kappa shape index (κ2) is 12.3. The van der Waals surface area contributed by atoms with Crippen LogP contribution in [0.4, 0.5) is 23.3 Å². The molecule has 0 saturated carbocycles. The topological polar surface area (TPSA) is 59.6 Å². The minimum absolute atomic E-state index is 0.558. The number of rotatable bonds is 6. The second-order valence-corrected chi connectivity index (χ2v) is 11.7. The van der Waals surface area contributed by atoms with E-state index < -0.39 is 0 Å². The second-order valence-electron chi connectivity index (χ2n) is 11.3. The van der Waals surface area contributed by atoms with Crippen LogP contribution in [0.5, 0.6) is 0 Å². The van der Waals surface area contributed by atoms with Crippen molar-refractivity contribution >= 4 is 40.6 Å². The normalized spacial score (nSPS) is 22.6. The maximum atomic E-state index is 5.67. The highest BCUT2D eigenvalue weighted by molar-refractivity contribution is 7.80. The Morgan fingerprint density at radius 1 is 0.811 bits per heavy atom. The van der Waals surface area contributed by atoms with Crippen LogP contribution in [0.3, 0.4) is 0 Å². The summed E-state index contributed by atoms with van der Waals surface area (Å²) in [6.07, 6.45) is 8.90. The standard InChI is InChI=1S/C29H43N7S/c1-22-17-23(2)21-36(20-22)27-18-26(35-15-5-3-4-6-16-35)31-28(32-27)33-29(37)30-19-24-9-11-25(12-10-24)34-13-7-8-14-34/h9-12,18,22-23H,3-8,13-17,19-21H2,1-2H3,(H2,30,31,32,33,37)/t22-,23-/m0/s1. The van der Waals surface area contributed by atoms with E-state index in [0.717, 1.165) is 37.8 Å². The Kier molecular flexibility index (Phi) is 8.64. The van der Waals surface area contributed by atoms with E-state index in [1.807, 2.05) is 0 Å². The van der Waals surface area contributed by atoms with Gasteiger partial charge in [-0.05, 0) is 73.9 Å². The fraction of sp³-hybridized carbons (Fsp3) is 0.621. The number of thiocarbonyl (C=S) groups is 1. The Bertz CT molecular complexity index is 1020. The number of anilines is 4. The average molecular weight is 522 g/mol. The lowest BCUT2D eigenvalue weighted by molar-refractivity contribution is 0.355. The third kappa shape index (κ3) is 7.03. The van der Waals surface area contributed by atoms with Gasteiger partial charge >= 0.3 is 0 Å². The minimum Gasteiger partial charge on any atom is -0.372 e. The highest BCUT2D eigenvalue weighted by Crippen LogP contribution is 2.29. The van der Waals surface area contributed by atoms with Crippen LogP contribution in [-0.4, -0.2) is 54.3 Å². The number of nitrogens with one attached hydrogen (secondary N) is 2. The fourth-order valence-electron chi connectivity index (χ4n) is 6.08. The van der Waals surface area contributed by atoms with Crippen molar-refractivity contribution in [1.29, 1.82) is 0 Å². The molecule has 1 aromatic heterocycles. The summed E-state index contributed by atoms with van der Waals surface area (Å²) in [5.41, 5.74) is 2.53. The molecule has 5 rings (SSSR count). The lowest BCUT2D eigenvalue weighted by atomic mass is 9.92. The Balaban J connectivity index is 1.27. The smallest absolute Gasteiger partial charge is 0.232 e. The van der Waals surface area contributed by atoms with Crippen molar-refractivity contribution < 1.29 is 0 Å². The van der Waals surface area contributed by atoms with E-state index in [-0.39, 0.29) is 0 Å². The van der Waals surface area contributed by atoms with Crippen molar-refractivity contribution in [3.8, 4) is 0 Å². The summed E-state index contributed by atoms with van der Waals surface area (Å²) in [7, 11) is 0. The number of hydrogen-bond acceptors (Lipinski definition) is 6. The number of aromatic nitrogens is 2. The predicted octanol–water partition coefficient (Wildman–Crippen LogP) is 5.43. The molecule has 0 unspecified atom stereocenters. The molecule has 0 aliphatic carbocycles. The summed E-state index contributed by atoms with van der Waals surface area (Å²) >= 11 is 5.67. The zero-order valence-corrected chi connectivity index (χ0v) is 23.4. The Morgan fingerprint density at radius 2 is 1.38 bits per heavy atom. The first-order chi connectivity index (χ1) is 18.0. The van der Waals surface area contributed by atoms with Gasteiger partial charge in [0.1, 0.15) is 11.6 Å². The van der Waals surface area contributed by atoms with E-state index in [1.54, 1.807) is 0 Å². The summed E-state index contributed by atoms with van der Waals surface area (Å²) in [6, 6.07) is 11.0. The van der Waals surface area contributed by atoms with Crippen LogP contribution >= 0.6 is 12.2 Å². The van der Waals surface area contributed by atoms with E-state index in [4.69, 9.17) is 22.2 Å². The van der Waals surface area contributed by atoms with Crippen LogP contribution in [-0.2, 0) is 6.54 Å². The monoisotopic (exact) mass is 521 g/mol. The van der Waals surface area contributed by atoms with Gasteiger partial charge in [0.15, 0.2) is 5.11 Å². The Hall–Kier alpha value is -2.61. The highest BCUT2D eigenvalue weighted by atomic mass is 32.1. The highest BCUT2D eigenvalue weighted by Gasteiger charge is 2.25. The van der Waals surface area contributed by atoms with Gasteiger partial charge in [0, 0.05) is 57.6 Å². The largest absolute Gasteiger partial charge is 0.372 e. The zero-order valence-electron chi connectivity index (χ0n) is 22.6. The molecule has 0 amide bonds. The van der Waals surface area contributed by atoms with E-state index in [9.17, 15) is 0 Å². The molecule has 4 heterocycles. The molecular weight excluding hydrogens is 478 g/mol. The molecule has 3 aliphatic rings. The molecule has 2 aromatic rings. The summed E-state index contributed by atoms with van der Waals surface area (Å²) in [4.78, 5) is 17.2. The van der Waals surface area contributed by atoms with Gasteiger partial charge < -0.3 is 25.3 Å². The molecule has 2 atom stereocenters. The molecule has 200 valence electrons. The summed E-state index contributed by atoms with van der Waals surface area (Å²) in [5, 5.41) is 7.22. The van der Waals surface area contributed by atoms with Gasteiger partial charge in [-0.15, -0.1) is 0 Å². The van der Waals surface area contributed by atoms with Gasteiger partial charge in [-0.2, -0.15) is 9.97 Å². The molecule has 0 radical (unpaired) electrons. The van der Waals surface area contributed by atoms with Crippen molar-refractivity contribution in [2.75, 3.05) is 59.3 Å². The summed E-state index contributed by atoms with van der Waals surface area (Å²) in [5.74, 6) is 3.94. The van der Waals surface area contributed by atoms with Gasteiger partial charge in [0.25, 0.3) is 0 Å². The number of benzene rings is 1. The van der Waals surface area contributed by atoms with E-state index >= 15 is 0 Å². The van der Waals surface area contributed by atoms with Crippen LogP contribution in [0.25, 0.3) is 0 Å². The average Bonchev–Trinajstić information content (AvgIpc) is 3.29.